The van der Waals surface area contributed by atoms with E-state index in [1.807, 2.05) is 6.92 Å². The molecule has 0 spiro atoms. The molecule has 0 saturated carbocycles. The molecule has 0 atom stereocenters. The zero-order valence-electron chi connectivity index (χ0n) is 11.6. The van der Waals surface area contributed by atoms with E-state index in [4.69, 9.17) is 11.1 Å². The Morgan fingerprint density at radius 3 is 2.76 bits per heavy atom. The Hall–Kier alpha value is -2.50. The maximum absolute atomic E-state index is 13.2. The monoisotopic (exact) mass is 290 g/mol. The van der Waals surface area contributed by atoms with Gasteiger partial charge in [0.05, 0.1) is 17.1 Å². The third kappa shape index (κ3) is 2.44. The molecule has 1 aliphatic rings. The molecule has 110 valence electrons. The van der Waals surface area contributed by atoms with Crippen LogP contribution in [-0.2, 0) is 0 Å². The van der Waals surface area contributed by atoms with Crippen molar-refractivity contribution in [1.82, 2.24) is 4.90 Å². The number of nitrogens with zero attached hydrogens (tertiary/aromatic N) is 2. The first-order valence-corrected chi connectivity index (χ1v) is 6.45. The Labute approximate surface area is 121 Å². The fourth-order valence-corrected chi connectivity index (χ4v) is 2.33. The molecule has 0 radical (unpaired) electrons. The molecular formula is C15H16F2N4. The topological polar surface area (TPSA) is 65.5 Å². The van der Waals surface area contributed by atoms with Gasteiger partial charge in [0.25, 0.3) is 6.43 Å². The molecule has 1 aromatic carbocycles. The lowest BCUT2D eigenvalue weighted by atomic mass is 9.99. The van der Waals surface area contributed by atoms with Gasteiger partial charge in [-0.2, -0.15) is 0 Å². The normalized spacial score (nSPS) is 15.0. The van der Waals surface area contributed by atoms with Crippen LogP contribution >= 0.6 is 0 Å². The maximum Gasteiger partial charge on any atom is 0.264 e. The van der Waals surface area contributed by atoms with Crippen LogP contribution in [0.1, 0.15) is 30.9 Å². The maximum atomic E-state index is 13.2. The number of alkyl halides is 2. The molecule has 0 aliphatic carbocycles. The quantitative estimate of drug-likeness (QED) is 0.828. The van der Waals surface area contributed by atoms with Crippen LogP contribution in [0.5, 0.6) is 0 Å². The summed E-state index contributed by atoms with van der Waals surface area (Å²) in [7, 11) is 0. The van der Waals surface area contributed by atoms with E-state index in [9.17, 15) is 8.78 Å². The Bertz CT molecular complexity index is 647. The van der Waals surface area contributed by atoms with Gasteiger partial charge >= 0.3 is 0 Å². The number of amidine groups is 1. The Morgan fingerprint density at radius 2 is 2.24 bits per heavy atom. The number of nitrogens with one attached hydrogen (secondary N) is 1. The van der Waals surface area contributed by atoms with Crippen LogP contribution < -0.4 is 5.73 Å². The predicted molar refractivity (Wildman–Crippen MR) is 80.7 cm³/mol. The highest BCUT2D eigenvalue weighted by molar-refractivity contribution is 6.03. The standard InChI is InChI=1S/C15H16F2N4/c1-3-13-20-12-6-4-5-11(15(16)17)14(12)9(2)21(13)10(7-18)8-19/h4-8,15,18H,2-3,19H2,1H3/b10-8+,18-7?. The van der Waals surface area contributed by atoms with Crippen LogP contribution in [0.3, 0.4) is 0 Å². The molecule has 0 fully saturated rings. The summed E-state index contributed by atoms with van der Waals surface area (Å²) < 4.78 is 26.4. The predicted octanol–water partition coefficient (Wildman–Crippen LogP) is 3.80. The SMILES string of the molecule is C=C1c2c(cccc2C(F)F)N=C(CC)N1/C(C=N)=C/N. The van der Waals surface area contributed by atoms with Gasteiger partial charge in [-0.1, -0.05) is 25.6 Å². The van der Waals surface area contributed by atoms with Crippen LogP contribution in [0.25, 0.3) is 5.70 Å². The summed E-state index contributed by atoms with van der Waals surface area (Å²) in [5.74, 6) is 0.610. The van der Waals surface area contributed by atoms with Gasteiger partial charge in [-0.3, -0.25) is 4.90 Å². The van der Waals surface area contributed by atoms with E-state index < -0.39 is 6.43 Å². The van der Waals surface area contributed by atoms with Gasteiger partial charge in [-0.25, -0.2) is 13.8 Å². The smallest absolute Gasteiger partial charge is 0.264 e. The second-order valence-electron chi connectivity index (χ2n) is 4.44. The van der Waals surface area contributed by atoms with Crippen LogP contribution in [0.2, 0.25) is 0 Å². The fraction of sp³-hybridized carbons (Fsp3) is 0.200. The van der Waals surface area contributed by atoms with E-state index in [1.165, 1.54) is 12.3 Å². The third-order valence-corrected chi connectivity index (χ3v) is 3.27. The van der Waals surface area contributed by atoms with Crippen molar-refractivity contribution in [3.63, 3.8) is 0 Å². The van der Waals surface area contributed by atoms with Crippen molar-refractivity contribution in [3.8, 4) is 0 Å². The fourth-order valence-electron chi connectivity index (χ4n) is 2.33. The van der Waals surface area contributed by atoms with Crippen LogP contribution in [0, 0.1) is 5.41 Å². The van der Waals surface area contributed by atoms with Crippen molar-refractivity contribution < 1.29 is 8.78 Å². The van der Waals surface area contributed by atoms with Crippen molar-refractivity contribution in [2.45, 2.75) is 19.8 Å². The van der Waals surface area contributed by atoms with E-state index in [0.29, 0.717) is 34.9 Å². The summed E-state index contributed by atoms with van der Waals surface area (Å²) in [4.78, 5) is 5.95. The molecule has 0 aromatic heterocycles. The number of fused-ring (bicyclic) bond motifs is 1. The number of rotatable bonds is 4. The van der Waals surface area contributed by atoms with Crippen molar-refractivity contribution in [2.24, 2.45) is 10.7 Å². The van der Waals surface area contributed by atoms with Gasteiger partial charge in [0.1, 0.15) is 5.84 Å². The van der Waals surface area contributed by atoms with Crippen LogP contribution in [0.15, 0.2) is 41.7 Å². The van der Waals surface area contributed by atoms with E-state index in [2.05, 4.69) is 11.6 Å². The lowest BCUT2D eigenvalue weighted by Gasteiger charge is -2.33. The second-order valence-corrected chi connectivity index (χ2v) is 4.44. The van der Waals surface area contributed by atoms with E-state index in [-0.39, 0.29) is 5.56 Å². The van der Waals surface area contributed by atoms with E-state index >= 15 is 0 Å². The lowest BCUT2D eigenvalue weighted by Crippen LogP contribution is -2.32. The van der Waals surface area contributed by atoms with Gasteiger partial charge in [-0.05, 0) is 6.07 Å². The highest BCUT2D eigenvalue weighted by atomic mass is 19.3. The molecule has 2 rings (SSSR count). The number of hydrogen-bond donors (Lipinski definition) is 2. The first kappa shape index (κ1) is 14.9. The molecule has 0 bridgehead atoms. The molecule has 0 saturated heterocycles. The number of benzene rings is 1. The molecule has 1 aromatic rings. The molecule has 1 heterocycles. The minimum Gasteiger partial charge on any atom is -0.403 e. The summed E-state index contributed by atoms with van der Waals surface area (Å²) >= 11 is 0. The van der Waals surface area contributed by atoms with Gasteiger partial charge in [0, 0.05) is 30.0 Å². The number of nitrogens with two attached hydrogens (primary N) is 1. The largest absolute Gasteiger partial charge is 0.403 e. The number of allylic oxidation sites excluding steroid dienone is 1. The zero-order valence-corrected chi connectivity index (χ0v) is 11.6. The number of hydrogen-bond acceptors (Lipinski definition) is 4. The first-order chi connectivity index (χ1) is 10.0. The minimum atomic E-state index is -2.62. The molecular weight excluding hydrogens is 274 g/mol. The molecule has 3 N–H and O–H groups in total. The van der Waals surface area contributed by atoms with Crippen molar-refractivity contribution >= 4 is 23.4 Å². The number of halogens is 2. The van der Waals surface area contributed by atoms with Gasteiger partial charge in [0.15, 0.2) is 0 Å². The average molecular weight is 290 g/mol. The van der Waals surface area contributed by atoms with Gasteiger partial charge in [-0.15, -0.1) is 0 Å². The second kappa shape index (κ2) is 5.87. The molecule has 1 aliphatic heterocycles. The Balaban J connectivity index is 2.68. The molecule has 0 amide bonds. The minimum absolute atomic E-state index is 0.122. The summed E-state index contributed by atoms with van der Waals surface area (Å²) in [6.45, 7) is 5.80. The Kier molecular flexibility index (Phi) is 4.16. The van der Waals surface area contributed by atoms with Crippen molar-refractivity contribution in [3.05, 3.63) is 47.8 Å². The molecule has 4 nitrogen and oxygen atoms in total. The summed E-state index contributed by atoms with van der Waals surface area (Å²) in [6.07, 6.45) is 0.219. The van der Waals surface area contributed by atoms with Gasteiger partial charge in [0.2, 0.25) is 0 Å². The zero-order chi connectivity index (χ0) is 15.6. The number of aliphatic imine (C=N–C) groups is 1. The van der Waals surface area contributed by atoms with Crippen molar-refractivity contribution in [1.29, 1.82) is 5.41 Å². The van der Waals surface area contributed by atoms with E-state index in [0.717, 1.165) is 6.21 Å². The summed E-state index contributed by atoms with van der Waals surface area (Å²) in [6, 6.07) is 4.58. The summed E-state index contributed by atoms with van der Waals surface area (Å²) in [5, 5.41) is 7.41. The molecule has 21 heavy (non-hydrogen) atoms. The highest BCUT2D eigenvalue weighted by Crippen LogP contribution is 2.40. The third-order valence-electron chi connectivity index (χ3n) is 3.27. The van der Waals surface area contributed by atoms with Crippen molar-refractivity contribution in [2.75, 3.05) is 0 Å². The average Bonchev–Trinajstić information content (AvgIpc) is 2.49. The first-order valence-electron chi connectivity index (χ1n) is 6.45. The highest BCUT2D eigenvalue weighted by Gasteiger charge is 2.28. The van der Waals surface area contributed by atoms with E-state index in [1.54, 1.807) is 17.0 Å². The lowest BCUT2D eigenvalue weighted by molar-refractivity contribution is 0.151. The van der Waals surface area contributed by atoms with Crippen LogP contribution in [0.4, 0.5) is 14.5 Å². The van der Waals surface area contributed by atoms with Gasteiger partial charge < -0.3 is 11.1 Å². The summed E-state index contributed by atoms with van der Waals surface area (Å²) in [5.41, 5.74) is 6.85. The molecule has 0 unspecified atom stereocenters. The Morgan fingerprint density at radius 1 is 1.52 bits per heavy atom. The van der Waals surface area contributed by atoms with Crippen LogP contribution in [-0.4, -0.2) is 17.0 Å². The molecule has 6 heteroatoms.